The maximum absolute atomic E-state index is 11.8. The van der Waals surface area contributed by atoms with E-state index in [9.17, 15) is 20.1 Å². The summed E-state index contributed by atoms with van der Waals surface area (Å²) in [6.07, 6.45) is -3.64. The second-order valence-corrected chi connectivity index (χ2v) is 4.33. The fourth-order valence-electron chi connectivity index (χ4n) is 1.82. The lowest BCUT2D eigenvalue weighted by molar-refractivity contribution is -0.0544. The van der Waals surface area contributed by atoms with Crippen molar-refractivity contribution in [1.29, 1.82) is 0 Å². The zero-order valence-corrected chi connectivity index (χ0v) is 9.86. The fraction of sp³-hybridized carbons (Fsp3) is 0.500. The molecule has 0 amide bonds. The lowest BCUT2D eigenvalue weighted by atomic mass is 10.1. The number of aromatic hydroxyl groups is 1. The third-order valence-corrected chi connectivity index (χ3v) is 3.19. The van der Waals surface area contributed by atoms with Crippen molar-refractivity contribution in [3.63, 3.8) is 0 Å². The van der Waals surface area contributed by atoms with Crippen LogP contribution in [0.2, 0.25) is 5.02 Å². The van der Waals surface area contributed by atoms with Gasteiger partial charge >= 0.3 is 0 Å². The van der Waals surface area contributed by atoms with E-state index in [1.54, 1.807) is 0 Å². The van der Waals surface area contributed by atoms with E-state index in [-0.39, 0.29) is 5.75 Å². The first-order chi connectivity index (χ1) is 8.47. The Balaban J connectivity index is 2.39. The molecule has 0 bridgehead atoms. The van der Waals surface area contributed by atoms with E-state index < -0.39 is 41.7 Å². The number of aliphatic hydroxyl groups excluding tert-OH is 3. The molecule has 1 aliphatic rings. The molecule has 1 aliphatic heterocycles. The summed E-state index contributed by atoms with van der Waals surface area (Å²) in [5, 5.41) is 37.1. The van der Waals surface area contributed by atoms with Crippen LogP contribution in [0, 0.1) is 0 Å². The molecule has 1 aromatic heterocycles. The highest BCUT2D eigenvalue weighted by atomic mass is 35.5. The van der Waals surface area contributed by atoms with Crippen LogP contribution in [0.15, 0.2) is 17.1 Å². The molecule has 4 atom stereocenters. The molecule has 2 rings (SSSR count). The SMILES string of the molecule is O=c1c(Cl)c(O)ccn1[C@@H]1O[C@H](CO)[C@@H](O)[C@H]1O. The van der Waals surface area contributed by atoms with Gasteiger partial charge in [-0.25, -0.2) is 0 Å². The highest BCUT2D eigenvalue weighted by Gasteiger charge is 2.43. The van der Waals surface area contributed by atoms with Crippen LogP contribution in [-0.2, 0) is 4.74 Å². The number of halogens is 1. The first kappa shape index (κ1) is 13.3. The summed E-state index contributed by atoms with van der Waals surface area (Å²) in [4.78, 5) is 11.8. The van der Waals surface area contributed by atoms with Crippen LogP contribution in [0.3, 0.4) is 0 Å². The number of aliphatic hydroxyl groups is 3. The number of hydrogen-bond acceptors (Lipinski definition) is 6. The molecule has 0 spiro atoms. The summed E-state index contributed by atoms with van der Waals surface area (Å²) < 4.78 is 6.12. The predicted molar refractivity (Wildman–Crippen MR) is 60.4 cm³/mol. The van der Waals surface area contributed by atoms with Gasteiger partial charge in [0, 0.05) is 6.20 Å². The molecule has 0 unspecified atom stereocenters. The molecule has 0 radical (unpaired) electrons. The quantitative estimate of drug-likeness (QED) is 0.541. The molecule has 4 N–H and O–H groups in total. The molecule has 0 aliphatic carbocycles. The fourth-order valence-corrected chi connectivity index (χ4v) is 1.99. The van der Waals surface area contributed by atoms with E-state index in [2.05, 4.69) is 0 Å². The van der Waals surface area contributed by atoms with Crippen molar-refractivity contribution in [2.45, 2.75) is 24.5 Å². The standard InChI is InChI=1S/C10H12ClNO6/c11-6-4(14)1-2-12(9(6)17)10-8(16)7(15)5(3-13)18-10/h1-2,5,7-8,10,13-16H,3H2/t5-,7-,8-,10-/m1/s1. The molecule has 1 saturated heterocycles. The lowest BCUT2D eigenvalue weighted by Gasteiger charge is -2.17. The van der Waals surface area contributed by atoms with Crippen molar-refractivity contribution >= 4 is 11.6 Å². The van der Waals surface area contributed by atoms with E-state index in [0.717, 1.165) is 4.57 Å². The number of ether oxygens (including phenoxy) is 1. The molecule has 8 heteroatoms. The van der Waals surface area contributed by atoms with Crippen molar-refractivity contribution in [1.82, 2.24) is 4.57 Å². The third-order valence-electron chi connectivity index (χ3n) is 2.83. The minimum atomic E-state index is -1.37. The van der Waals surface area contributed by atoms with Gasteiger partial charge in [-0.1, -0.05) is 11.6 Å². The summed E-state index contributed by atoms with van der Waals surface area (Å²) in [6.45, 7) is -0.491. The second-order valence-electron chi connectivity index (χ2n) is 3.96. The van der Waals surface area contributed by atoms with Gasteiger partial charge in [0.15, 0.2) is 6.23 Å². The Labute approximate surface area is 106 Å². The lowest BCUT2D eigenvalue weighted by Crippen LogP contribution is -2.35. The number of pyridine rings is 1. The first-order valence-corrected chi connectivity index (χ1v) is 5.57. The van der Waals surface area contributed by atoms with E-state index in [1.807, 2.05) is 0 Å². The molecule has 2 heterocycles. The molecule has 18 heavy (non-hydrogen) atoms. The smallest absolute Gasteiger partial charge is 0.275 e. The van der Waals surface area contributed by atoms with Gasteiger partial charge in [-0.2, -0.15) is 0 Å². The number of rotatable bonds is 2. The molecular weight excluding hydrogens is 266 g/mol. The number of hydrogen-bond donors (Lipinski definition) is 4. The Hall–Kier alpha value is -1.12. The van der Waals surface area contributed by atoms with Crippen LogP contribution in [0.5, 0.6) is 5.75 Å². The minimum Gasteiger partial charge on any atom is -0.506 e. The van der Waals surface area contributed by atoms with E-state index >= 15 is 0 Å². The van der Waals surface area contributed by atoms with Gasteiger partial charge in [0.05, 0.1) is 6.61 Å². The second kappa shape index (κ2) is 4.87. The number of nitrogens with zero attached hydrogens (tertiary/aromatic N) is 1. The average molecular weight is 278 g/mol. The van der Waals surface area contributed by atoms with Gasteiger partial charge in [-0.15, -0.1) is 0 Å². The van der Waals surface area contributed by atoms with Crippen molar-refractivity contribution in [3.8, 4) is 5.75 Å². The largest absolute Gasteiger partial charge is 0.506 e. The third kappa shape index (κ3) is 2.00. The van der Waals surface area contributed by atoms with E-state index in [0.29, 0.717) is 0 Å². The molecule has 7 nitrogen and oxygen atoms in total. The Morgan fingerprint density at radius 2 is 2.06 bits per heavy atom. The van der Waals surface area contributed by atoms with Gasteiger partial charge in [-0.05, 0) is 6.07 Å². The highest BCUT2D eigenvalue weighted by Crippen LogP contribution is 2.29. The topological polar surface area (TPSA) is 112 Å². The number of aromatic nitrogens is 1. The Kier molecular flexibility index (Phi) is 3.60. The van der Waals surface area contributed by atoms with Crippen molar-refractivity contribution < 1.29 is 25.2 Å². The minimum absolute atomic E-state index is 0.385. The van der Waals surface area contributed by atoms with Gasteiger partial charge in [0.2, 0.25) is 0 Å². The van der Waals surface area contributed by atoms with Gasteiger partial charge in [-0.3, -0.25) is 9.36 Å². The van der Waals surface area contributed by atoms with Crippen molar-refractivity contribution in [2.75, 3.05) is 6.61 Å². The summed E-state index contributed by atoms with van der Waals surface area (Å²) in [6, 6.07) is 1.17. The van der Waals surface area contributed by atoms with Crippen LogP contribution in [-0.4, -0.2) is 49.9 Å². The van der Waals surface area contributed by atoms with Crippen LogP contribution in [0.1, 0.15) is 6.23 Å². The molecule has 1 fully saturated rings. The highest BCUT2D eigenvalue weighted by molar-refractivity contribution is 6.31. The van der Waals surface area contributed by atoms with Crippen molar-refractivity contribution in [3.05, 3.63) is 27.6 Å². The molecule has 0 aromatic carbocycles. The van der Waals surface area contributed by atoms with Crippen molar-refractivity contribution in [2.24, 2.45) is 0 Å². The molecule has 0 saturated carbocycles. The van der Waals surface area contributed by atoms with Crippen LogP contribution in [0.25, 0.3) is 0 Å². The Morgan fingerprint density at radius 1 is 1.39 bits per heavy atom. The van der Waals surface area contributed by atoms with Gasteiger partial charge in [0.25, 0.3) is 5.56 Å². The monoisotopic (exact) mass is 277 g/mol. The van der Waals surface area contributed by atoms with Gasteiger partial charge in [0.1, 0.15) is 29.1 Å². The van der Waals surface area contributed by atoms with E-state index in [1.165, 1.54) is 12.3 Å². The van der Waals surface area contributed by atoms with Crippen LogP contribution >= 0.6 is 11.6 Å². The normalized spacial score (nSPS) is 31.8. The average Bonchev–Trinajstić information content (AvgIpc) is 2.64. The first-order valence-electron chi connectivity index (χ1n) is 5.19. The molecular formula is C10H12ClNO6. The zero-order valence-electron chi connectivity index (χ0n) is 9.10. The summed E-state index contributed by atoms with van der Waals surface area (Å²) >= 11 is 5.58. The van der Waals surface area contributed by atoms with Crippen LogP contribution in [0.4, 0.5) is 0 Å². The summed E-state index contributed by atoms with van der Waals surface area (Å²) in [7, 11) is 0. The maximum atomic E-state index is 11.8. The predicted octanol–water partition coefficient (Wildman–Crippen LogP) is -1.18. The Bertz CT molecular complexity index is 504. The Morgan fingerprint density at radius 3 is 2.61 bits per heavy atom. The summed E-state index contributed by atoms with van der Waals surface area (Å²) in [5.74, 6) is -0.385. The van der Waals surface area contributed by atoms with E-state index in [4.69, 9.17) is 21.4 Å². The molecule has 100 valence electrons. The summed E-state index contributed by atoms with van der Waals surface area (Å²) in [5.41, 5.74) is -0.758. The molecule has 1 aromatic rings. The zero-order chi connectivity index (χ0) is 13.4. The van der Waals surface area contributed by atoms with Crippen LogP contribution < -0.4 is 5.56 Å². The van der Waals surface area contributed by atoms with Gasteiger partial charge < -0.3 is 25.2 Å². The maximum Gasteiger partial charge on any atom is 0.275 e.